The van der Waals surface area contributed by atoms with Gasteiger partial charge in [-0.05, 0) is 37.7 Å². The van der Waals surface area contributed by atoms with E-state index in [1.165, 1.54) is 25.7 Å². The summed E-state index contributed by atoms with van der Waals surface area (Å²) in [4.78, 5) is 4.24. The first kappa shape index (κ1) is 11.9. The minimum absolute atomic E-state index is 0.404. The average Bonchev–Trinajstić information content (AvgIpc) is 2.32. The zero-order valence-corrected chi connectivity index (χ0v) is 11.2. The molecule has 0 unspecified atom stereocenters. The van der Waals surface area contributed by atoms with Crippen molar-refractivity contribution < 1.29 is 4.74 Å². The average molecular weight is 284 g/mol. The van der Waals surface area contributed by atoms with Crippen molar-refractivity contribution in [2.45, 2.75) is 44.0 Å². The molecule has 1 fully saturated rings. The van der Waals surface area contributed by atoms with Gasteiger partial charge in [-0.1, -0.05) is 22.9 Å². The Balaban J connectivity index is 1.93. The first-order chi connectivity index (χ1) is 7.78. The minimum atomic E-state index is 0.404. The molecule has 3 heteroatoms. The molecular weight excluding hydrogens is 266 g/mol. The third-order valence-electron chi connectivity index (χ3n) is 3.19. The Labute approximate surface area is 106 Å². The van der Waals surface area contributed by atoms with Crippen LogP contribution in [0.25, 0.3) is 0 Å². The van der Waals surface area contributed by atoms with Crippen LogP contribution in [0.2, 0.25) is 0 Å². The van der Waals surface area contributed by atoms with Crippen molar-refractivity contribution >= 4 is 15.9 Å². The van der Waals surface area contributed by atoms with Crippen LogP contribution in [0.5, 0.6) is 5.75 Å². The highest BCUT2D eigenvalue weighted by Gasteiger charge is 2.19. The summed E-state index contributed by atoms with van der Waals surface area (Å²) in [5.74, 6) is 1.83. The topological polar surface area (TPSA) is 22.1 Å². The highest BCUT2D eigenvalue weighted by Crippen LogP contribution is 2.27. The fourth-order valence-corrected chi connectivity index (χ4v) is 2.45. The molecule has 2 rings (SSSR count). The Bertz CT molecular complexity index is 334. The Morgan fingerprint density at radius 2 is 2.12 bits per heavy atom. The molecule has 0 saturated heterocycles. The Morgan fingerprint density at radius 3 is 2.81 bits per heavy atom. The number of alkyl halides is 1. The fourth-order valence-electron chi connectivity index (χ4n) is 2.14. The van der Waals surface area contributed by atoms with Gasteiger partial charge < -0.3 is 4.74 Å². The van der Waals surface area contributed by atoms with Crippen LogP contribution in [0.3, 0.4) is 0 Å². The van der Waals surface area contributed by atoms with Gasteiger partial charge in [0, 0.05) is 17.6 Å². The molecule has 0 amide bonds. The second-order valence-electron chi connectivity index (χ2n) is 4.62. The van der Waals surface area contributed by atoms with E-state index < -0.39 is 0 Å². The number of rotatable bonds is 3. The van der Waals surface area contributed by atoms with Crippen LogP contribution in [0, 0.1) is 5.92 Å². The zero-order chi connectivity index (χ0) is 11.4. The molecule has 0 radical (unpaired) electrons. The lowest BCUT2D eigenvalue weighted by molar-refractivity contribution is 0.135. The van der Waals surface area contributed by atoms with Gasteiger partial charge in [0.1, 0.15) is 5.75 Å². The van der Waals surface area contributed by atoms with Crippen LogP contribution in [-0.4, -0.2) is 11.1 Å². The van der Waals surface area contributed by atoms with Crippen LogP contribution in [0.15, 0.2) is 18.3 Å². The zero-order valence-electron chi connectivity index (χ0n) is 9.66. The van der Waals surface area contributed by atoms with E-state index in [0.717, 1.165) is 22.7 Å². The van der Waals surface area contributed by atoms with Crippen LogP contribution < -0.4 is 4.74 Å². The van der Waals surface area contributed by atoms with E-state index in [1.807, 2.05) is 18.3 Å². The maximum Gasteiger partial charge on any atom is 0.123 e. The van der Waals surface area contributed by atoms with Gasteiger partial charge in [-0.3, -0.25) is 4.98 Å². The number of hydrogen-bond acceptors (Lipinski definition) is 2. The summed E-state index contributed by atoms with van der Waals surface area (Å²) in [6, 6.07) is 3.97. The minimum Gasteiger partial charge on any atom is -0.490 e. The van der Waals surface area contributed by atoms with Gasteiger partial charge in [0.2, 0.25) is 0 Å². The van der Waals surface area contributed by atoms with E-state index in [2.05, 4.69) is 27.8 Å². The molecule has 0 aromatic carbocycles. The molecular formula is C13H18BrNO. The van der Waals surface area contributed by atoms with Gasteiger partial charge in [-0.15, -0.1) is 0 Å². The van der Waals surface area contributed by atoms with Crippen molar-refractivity contribution in [3.05, 3.63) is 24.0 Å². The Hall–Kier alpha value is -0.570. The van der Waals surface area contributed by atoms with Gasteiger partial charge in [0.15, 0.2) is 0 Å². The molecule has 2 nitrogen and oxygen atoms in total. The lowest BCUT2D eigenvalue weighted by Crippen LogP contribution is -2.23. The summed E-state index contributed by atoms with van der Waals surface area (Å²) in [6.07, 6.45) is 7.18. The number of aromatic nitrogens is 1. The summed E-state index contributed by atoms with van der Waals surface area (Å²) in [5.41, 5.74) is 1.03. The summed E-state index contributed by atoms with van der Waals surface area (Å²) in [6.45, 7) is 2.32. The second kappa shape index (κ2) is 5.67. The molecule has 1 saturated carbocycles. The number of hydrogen-bond donors (Lipinski definition) is 0. The van der Waals surface area contributed by atoms with Crippen molar-refractivity contribution in [1.82, 2.24) is 4.98 Å². The van der Waals surface area contributed by atoms with Crippen molar-refractivity contribution in [2.75, 3.05) is 0 Å². The molecule has 1 aliphatic rings. The monoisotopic (exact) mass is 283 g/mol. The summed E-state index contributed by atoms with van der Waals surface area (Å²) < 4.78 is 5.99. The van der Waals surface area contributed by atoms with Crippen molar-refractivity contribution in [2.24, 2.45) is 5.92 Å². The predicted molar refractivity (Wildman–Crippen MR) is 68.9 cm³/mol. The molecule has 1 heterocycles. The summed E-state index contributed by atoms with van der Waals surface area (Å²) >= 11 is 3.41. The number of nitrogens with zero attached hydrogens (tertiary/aromatic N) is 1. The quantitative estimate of drug-likeness (QED) is 0.784. The first-order valence-corrected chi connectivity index (χ1v) is 7.07. The SMILES string of the molecule is C[C@H]1CC[C@H](Oc2ccnc(CBr)c2)CC1. The van der Waals surface area contributed by atoms with E-state index in [0.29, 0.717) is 6.10 Å². The summed E-state index contributed by atoms with van der Waals surface area (Å²) in [5, 5.41) is 0.784. The molecule has 0 spiro atoms. The van der Waals surface area contributed by atoms with Crippen LogP contribution >= 0.6 is 15.9 Å². The van der Waals surface area contributed by atoms with E-state index in [9.17, 15) is 0 Å². The van der Waals surface area contributed by atoms with Gasteiger partial charge in [0.05, 0.1) is 11.8 Å². The number of pyridine rings is 1. The van der Waals surface area contributed by atoms with Crippen LogP contribution in [0.4, 0.5) is 0 Å². The van der Waals surface area contributed by atoms with E-state index >= 15 is 0 Å². The molecule has 1 aliphatic carbocycles. The highest BCUT2D eigenvalue weighted by molar-refractivity contribution is 9.08. The molecule has 88 valence electrons. The lowest BCUT2D eigenvalue weighted by Gasteiger charge is -2.26. The van der Waals surface area contributed by atoms with Gasteiger partial charge in [-0.25, -0.2) is 0 Å². The van der Waals surface area contributed by atoms with E-state index in [1.54, 1.807) is 0 Å². The van der Waals surface area contributed by atoms with Crippen LogP contribution in [-0.2, 0) is 5.33 Å². The largest absolute Gasteiger partial charge is 0.490 e. The van der Waals surface area contributed by atoms with Crippen molar-refractivity contribution in [3.8, 4) is 5.75 Å². The van der Waals surface area contributed by atoms with Gasteiger partial charge in [-0.2, -0.15) is 0 Å². The number of ether oxygens (including phenoxy) is 1. The molecule has 0 N–H and O–H groups in total. The third kappa shape index (κ3) is 3.21. The van der Waals surface area contributed by atoms with E-state index in [4.69, 9.17) is 4.74 Å². The smallest absolute Gasteiger partial charge is 0.123 e. The van der Waals surface area contributed by atoms with Crippen LogP contribution in [0.1, 0.15) is 38.3 Å². The van der Waals surface area contributed by atoms with Crippen molar-refractivity contribution in [1.29, 1.82) is 0 Å². The predicted octanol–water partition coefficient (Wildman–Crippen LogP) is 3.93. The maximum atomic E-state index is 5.99. The molecule has 0 aliphatic heterocycles. The molecule has 1 aromatic heterocycles. The molecule has 16 heavy (non-hydrogen) atoms. The fraction of sp³-hybridized carbons (Fsp3) is 0.615. The molecule has 0 atom stereocenters. The Kier molecular flexibility index (Phi) is 4.22. The molecule has 0 bridgehead atoms. The second-order valence-corrected chi connectivity index (χ2v) is 5.18. The van der Waals surface area contributed by atoms with Gasteiger partial charge >= 0.3 is 0 Å². The lowest BCUT2D eigenvalue weighted by atomic mass is 9.89. The third-order valence-corrected chi connectivity index (χ3v) is 3.77. The molecule has 1 aromatic rings. The standard InChI is InChI=1S/C13H18BrNO/c1-10-2-4-12(5-3-10)16-13-6-7-15-11(8-13)9-14/h6-8,10,12H,2-5,9H2,1H3/t10-,12-. The van der Waals surface area contributed by atoms with Gasteiger partial charge in [0.25, 0.3) is 0 Å². The number of halogens is 1. The van der Waals surface area contributed by atoms with E-state index in [-0.39, 0.29) is 0 Å². The van der Waals surface area contributed by atoms with Crippen molar-refractivity contribution in [3.63, 3.8) is 0 Å². The highest BCUT2D eigenvalue weighted by atomic mass is 79.9. The maximum absolute atomic E-state index is 5.99. The Morgan fingerprint density at radius 1 is 1.38 bits per heavy atom. The normalized spacial score (nSPS) is 25.4. The summed E-state index contributed by atoms with van der Waals surface area (Å²) in [7, 11) is 0. The first-order valence-electron chi connectivity index (χ1n) is 5.95.